The van der Waals surface area contributed by atoms with Crippen LogP contribution in [0, 0.1) is 6.92 Å². The fraction of sp³-hybridized carbons (Fsp3) is 0.318. The van der Waals surface area contributed by atoms with Crippen molar-refractivity contribution in [2.75, 3.05) is 13.1 Å². The van der Waals surface area contributed by atoms with Crippen molar-refractivity contribution in [2.24, 2.45) is 0 Å². The number of benzene rings is 2. The molecule has 132 valence electrons. The van der Waals surface area contributed by atoms with Crippen LogP contribution >= 0.6 is 0 Å². The smallest absolute Gasteiger partial charge is 0.256 e. The zero-order valence-corrected chi connectivity index (χ0v) is 15.0. The summed E-state index contributed by atoms with van der Waals surface area (Å²) in [6, 6.07) is 18.0. The van der Waals surface area contributed by atoms with E-state index in [1.807, 2.05) is 25.1 Å². The summed E-state index contributed by atoms with van der Waals surface area (Å²) >= 11 is 0. The maximum absolute atomic E-state index is 12.4. The molecule has 4 heteroatoms. The van der Waals surface area contributed by atoms with E-state index in [1.54, 1.807) is 0 Å². The molecule has 2 aromatic carbocycles. The first-order valence-corrected chi connectivity index (χ1v) is 9.37. The number of piperazine rings is 1. The Kier molecular flexibility index (Phi) is 3.69. The van der Waals surface area contributed by atoms with Crippen LogP contribution in [0.5, 0.6) is 0 Å². The molecule has 2 atom stereocenters. The first-order valence-electron chi connectivity index (χ1n) is 9.37. The van der Waals surface area contributed by atoms with Gasteiger partial charge in [0.1, 0.15) is 0 Å². The molecule has 3 heterocycles. The maximum atomic E-state index is 12.4. The highest BCUT2D eigenvalue weighted by molar-refractivity contribution is 5.87. The van der Waals surface area contributed by atoms with Gasteiger partial charge in [0.15, 0.2) is 0 Å². The van der Waals surface area contributed by atoms with Crippen LogP contribution in [-0.2, 0) is 6.54 Å². The largest absolute Gasteiger partial charge is 0.321 e. The number of aromatic nitrogens is 1. The SMILES string of the molecule is Cc1cccc2c(=O)[nH]c(-c3ccc(CN4CC5CC4CN5)cc3)cc12. The van der Waals surface area contributed by atoms with E-state index in [4.69, 9.17) is 0 Å². The van der Waals surface area contributed by atoms with Gasteiger partial charge in [-0.25, -0.2) is 0 Å². The molecule has 26 heavy (non-hydrogen) atoms. The van der Waals surface area contributed by atoms with E-state index in [0.717, 1.165) is 47.2 Å². The molecule has 2 saturated heterocycles. The third kappa shape index (κ3) is 2.66. The Morgan fingerprint density at radius 1 is 1.12 bits per heavy atom. The van der Waals surface area contributed by atoms with Crippen LogP contribution in [-0.4, -0.2) is 35.1 Å². The summed E-state index contributed by atoms with van der Waals surface area (Å²) < 4.78 is 0. The number of fused-ring (bicyclic) bond motifs is 3. The molecule has 2 unspecified atom stereocenters. The summed E-state index contributed by atoms with van der Waals surface area (Å²) in [4.78, 5) is 18.0. The molecule has 0 saturated carbocycles. The van der Waals surface area contributed by atoms with Crippen LogP contribution in [0.2, 0.25) is 0 Å². The molecular weight excluding hydrogens is 322 g/mol. The van der Waals surface area contributed by atoms with Gasteiger partial charge < -0.3 is 10.3 Å². The minimum atomic E-state index is -0.0223. The number of aryl methyl sites for hydroxylation is 1. The van der Waals surface area contributed by atoms with Gasteiger partial charge in [-0.1, -0.05) is 36.4 Å². The lowest BCUT2D eigenvalue weighted by Crippen LogP contribution is -2.42. The number of nitrogens with one attached hydrogen (secondary N) is 2. The number of likely N-dealkylation sites (tertiary alicyclic amines) is 1. The molecule has 2 aliphatic rings. The van der Waals surface area contributed by atoms with Crippen molar-refractivity contribution in [1.29, 1.82) is 0 Å². The summed E-state index contributed by atoms with van der Waals surface area (Å²) in [7, 11) is 0. The Morgan fingerprint density at radius 2 is 1.96 bits per heavy atom. The third-order valence-electron chi connectivity index (χ3n) is 5.93. The van der Waals surface area contributed by atoms with Gasteiger partial charge in [-0.05, 0) is 47.6 Å². The summed E-state index contributed by atoms with van der Waals surface area (Å²) in [5, 5.41) is 5.33. The molecule has 3 aromatic rings. The van der Waals surface area contributed by atoms with Crippen molar-refractivity contribution in [2.45, 2.75) is 32.0 Å². The van der Waals surface area contributed by atoms with E-state index in [-0.39, 0.29) is 5.56 Å². The van der Waals surface area contributed by atoms with Crippen LogP contribution in [0.1, 0.15) is 17.5 Å². The van der Waals surface area contributed by atoms with Crippen molar-refractivity contribution >= 4 is 10.8 Å². The van der Waals surface area contributed by atoms with Crippen molar-refractivity contribution in [1.82, 2.24) is 15.2 Å². The van der Waals surface area contributed by atoms with E-state index < -0.39 is 0 Å². The third-order valence-corrected chi connectivity index (χ3v) is 5.93. The van der Waals surface area contributed by atoms with Gasteiger partial charge in [-0.2, -0.15) is 0 Å². The van der Waals surface area contributed by atoms with Gasteiger partial charge in [-0.3, -0.25) is 9.69 Å². The Hall–Kier alpha value is -2.43. The lowest BCUT2D eigenvalue weighted by Gasteiger charge is -2.27. The second-order valence-electron chi connectivity index (χ2n) is 7.67. The topological polar surface area (TPSA) is 48.1 Å². The molecule has 0 spiro atoms. The van der Waals surface area contributed by atoms with E-state index >= 15 is 0 Å². The molecule has 0 radical (unpaired) electrons. The highest BCUT2D eigenvalue weighted by Gasteiger charge is 2.37. The van der Waals surface area contributed by atoms with E-state index in [9.17, 15) is 4.79 Å². The Balaban J connectivity index is 1.43. The van der Waals surface area contributed by atoms with Crippen LogP contribution in [0.3, 0.4) is 0 Å². The average molecular weight is 345 g/mol. The average Bonchev–Trinajstić information content (AvgIpc) is 3.26. The second-order valence-corrected chi connectivity index (χ2v) is 7.67. The molecule has 0 aliphatic carbocycles. The van der Waals surface area contributed by atoms with Crippen molar-refractivity contribution < 1.29 is 0 Å². The molecular formula is C22H23N3O. The van der Waals surface area contributed by atoms with Crippen LogP contribution in [0.4, 0.5) is 0 Å². The first kappa shape index (κ1) is 15.8. The van der Waals surface area contributed by atoms with Crippen molar-refractivity contribution in [3.63, 3.8) is 0 Å². The highest BCUT2D eigenvalue weighted by atomic mass is 16.1. The number of H-pyrrole nitrogens is 1. The molecule has 5 rings (SSSR count). The molecule has 0 amide bonds. The van der Waals surface area contributed by atoms with E-state index in [0.29, 0.717) is 12.1 Å². The van der Waals surface area contributed by atoms with Crippen molar-refractivity contribution in [3.8, 4) is 11.3 Å². The monoisotopic (exact) mass is 345 g/mol. The number of aromatic amines is 1. The number of rotatable bonds is 3. The molecule has 2 bridgehead atoms. The summed E-state index contributed by atoms with van der Waals surface area (Å²) in [5.74, 6) is 0. The minimum absolute atomic E-state index is 0.0223. The summed E-state index contributed by atoms with van der Waals surface area (Å²) in [6.07, 6.45) is 1.29. The van der Waals surface area contributed by atoms with Gasteiger partial charge in [0.25, 0.3) is 5.56 Å². The van der Waals surface area contributed by atoms with Gasteiger partial charge in [-0.15, -0.1) is 0 Å². The van der Waals surface area contributed by atoms with E-state index in [1.165, 1.54) is 12.0 Å². The predicted octanol–water partition coefficient (Wildman–Crippen LogP) is 3.05. The first-order chi connectivity index (χ1) is 12.7. The maximum Gasteiger partial charge on any atom is 0.256 e. The fourth-order valence-corrected chi connectivity index (χ4v) is 4.46. The Bertz CT molecular complexity index is 1020. The van der Waals surface area contributed by atoms with Crippen LogP contribution < -0.4 is 10.9 Å². The Labute approximate surface area is 152 Å². The number of nitrogens with zero attached hydrogens (tertiary/aromatic N) is 1. The van der Waals surface area contributed by atoms with Gasteiger partial charge in [0, 0.05) is 42.8 Å². The standard InChI is InChI=1S/C22H23N3O/c1-14-3-2-4-19-20(14)10-21(24-22(19)26)16-7-5-15(6-8-16)12-25-13-17-9-18(25)11-23-17/h2-8,10,17-18,23H,9,11-13H2,1H3,(H,24,26). The zero-order valence-electron chi connectivity index (χ0n) is 15.0. The minimum Gasteiger partial charge on any atom is -0.321 e. The van der Waals surface area contributed by atoms with Gasteiger partial charge >= 0.3 is 0 Å². The second kappa shape index (κ2) is 6.08. The molecule has 4 nitrogen and oxygen atoms in total. The number of pyridine rings is 1. The lowest BCUT2D eigenvalue weighted by atomic mass is 10.0. The van der Waals surface area contributed by atoms with Gasteiger partial charge in [0.05, 0.1) is 0 Å². The molecule has 2 fully saturated rings. The van der Waals surface area contributed by atoms with Crippen LogP contribution in [0.15, 0.2) is 53.3 Å². The van der Waals surface area contributed by atoms with Gasteiger partial charge in [0.2, 0.25) is 0 Å². The van der Waals surface area contributed by atoms with Crippen LogP contribution in [0.25, 0.3) is 22.0 Å². The number of hydrogen-bond acceptors (Lipinski definition) is 3. The quantitative estimate of drug-likeness (QED) is 0.767. The normalized spacial score (nSPS) is 22.3. The van der Waals surface area contributed by atoms with E-state index in [2.05, 4.69) is 45.5 Å². The van der Waals surface area contributed by atoms with Crippen molar-refractivity contribution in [3.05, 3.63) is 70.0 Å². The highest BCUT2D eigenvalue weighted by Crippen LogP contribution is 2.26. The Morgan fingerprint density at radius 3 is 2.69 bits per heavy atom. The number of hydrogen-bond donors (Lipinski definition) is 2. The fourth-order valence-electron chi connectivity index (χ4n) is 4.46. The molecule has 1 aromatic heterocycles. The summed E-state index contributed by atoms with van der Waals surface area (Å²) in [5.41, 5.74) is 4.38. The predicted molar refractivity (Wildman–Crippen MR) is 105 cm³/mol. The lowest BCUT2D eigenvalue weighted by molar-refractivity contribution is 0.218. The molecule has 2 N–H and O–H groups in total. The molecule has 2 aliphatic heterocycles. The summed E-state index contributed by atoms with van der Waals surface area (Å²) in [6.45, 7) is 5.34. The zero-order chi connectivity index (χ0) is 17.7.